The van der Waals surface area contributed by atoms with Crippen LogP contribution in [0.5, 0.6) is 0 Å². The number of nitrogens with two attached hydrogens (primary N) is 1. The maximum absolute atomic E-state index is 13.3. The summed E-state index contributed by atoms with van der Waals surface area (Å²) in [6, 6.07) is 11.4. The molecule has 0 bridgehead atoms. The summed E-state index contributed by atoms with van der Waals surface area (Å²) in [5.41, 5.74) is 7.86. The van der Waals surface area contributed by atoms with Crippen LogP contribution in [0, 0.1) is 5.82 Å². The van der Waals surface area contributed by atoms with E-state index < -0.39 is 5.82 Å². The highest BCUT2D eigenvalue weighted by Crippen LogP contribution is 2.16. The van der Waals surface area contributed by atoms with E-state index in [0.29, 0.717) is 5.56 Å². The molecule has 2 aromatic carbocycles. The van der Waals surface area contributed by atoms with Crippen LogP contribution in [-0.2, 0) is 6.42 Å². The minimum atomic E-state index is -0.493. The Balaban J connectivity index is 2.20. The Kier molecular flexibility index (Phi) is 4.51. The Morgan fingerprint density at radius 2 is 1.80 bits per heavy atom. The van der Waals surface area contributed by atoms with E-state index in [2.05, 4.69) is 6.92 Å². The van der Waals surface area contributed by atoms with Crippen LogP contribution in [0.2, 0.25) is 0 Å². The molecule has 0 aliphatic rings. The predicted molar refractivity (Wildman–Crippen MR) is 79.3 cm³/mol. The Hall–Kier alpha value is -2.16. The molecule has 0 saturated heterocycles. The van der Waals surface area contributed by atoms with Crippen LogP contribution in [0.4, 0.5) is 10.1 Å². The summed E-state index contributed by atoms with van der Waals surface area (Å²) in [5, 5.41) is 0. The monoisotopic (exact) mass is 271 g/mol. The molecule has 0 saturated carbocycles. The number of nitrogen functional groups attached to an aromatic ring is 1. The largest absolute Gasteiger partial charge is 0.399 e. The number of carbonyl (C=O) groups is 1. The molecular weight excluding hydrogens is 253 g/mol. The van der Waals surface area contributed by atoms with Crippen molar-refractivity contribution < 1.29 is 9.18 Å². The smallest absolute Gasteiger partial charge is 0.193 e. The first-order chi connectivity index (χ1) is 9.60. The van der Waals surface area contributed by atoms with E-state index in [0.717, 1.165) is 19.3 Å². The lowest BCUT2D eigenvalue weighted by atomic mass is 10.00. The van der Waals surface area contributed by atoms with Gasteiger partial charge in [0.1, 0.15) is 5.82 Å². The summed E-state index contributed by atoms with van der Waals surface area (Å²) >= 11 is 0. The standard InChI is InChI=1S/C17H18FNO/c1-2-3-4-12-5-7-13(8-6-12)17(20)14-9-15(18)11-16(19)10-14/h5-11H,2-4,19H2,1H3. The van der Waals surface area contributed by atoms with Gasteiger partial charge in [-0.3, -0.25) is 4.79 Å². The maximum atomic E-state index is 13.3. The second-order valence-electron chi connectivity index (χ2n) is 4.90. The van der Waals surface area contributed by atoms with Crippen molar-refractivity contribution in [3.63, 3.8) is 0 Å². The van der Waals surface area contributed by atoms with Gasteiger partial charge in [-0.1, -0.05) is 37.6 Å². The molecule has 2 nitrogen and oxygen atoms in total. The number of rotatable bonds is 5. The molecule has 2 rings (SSSR count). The molecule has 0 aromatic heterocycles. The van der Waals surface area contributed by atoms with Gasteiger partial charge in [0, 0.05) is 16.8 Å². The van der Waals surface area contributed by atoms with E-state index in [-0.39, 0.29) is 17.0 Å². The average Bonchev–Trinajstić information content (AvgIpc) is 2.44. The molecular formula is C17H18FNO. The Morgan fingerprint density at radius 3 is 2.40 bits per heavy atom. The van der Waals surface area contributed by atoms with Gasteiger partial charge in [0.2, 0.25) is 0 Å². The SMILES string of the molecule is CCCCc1ccc(C(=O)c2cc(N)cc(F)c2)cc1. The third-order valence-electron chi connectivity index (χ3n) is 3.22. The Morgan fingerprint density at radius 1 is 1.10 bits per heavy atom. The molecule has 0 aliphatic heterocycles. The molecule has 104 valence electrons. The van der Waals surface area contributed by atoms with Crippen molar-refractivity contribution in [1.82, 2.24) is 0 Å². The van der Waals surface area contributed by atoms with Gasteiger partial charge in [0.05, 0.1) is 0 Å². The summed E-state index contributed by atoms with van der Waals surface area (Å²) in [7, 11) is 0. The minimum Gasteiger partial charge on any atom is -0.399 e. The zero-order chi connectivity index (χ0) is 14.5. The third kappa shape index (κ3) is 3.44. The number of carbonyl (C=O) groups excluding carboxylic acids is 1. The van der Waals surface area contributed by atoms with E-state index in [9.17, 15) is 9.18 Å². The highest BCUT2D eigenvalue weighted by molar-refractivity contribution is 6.09. The van der Waals surface area contributed by atoms with Crippen molar-refractivity contribution in [3.8, 4) is 0 Å². The number of aryl methyl sites for hydroxylation is 1. The molecule has 0 fully saturated rings. The normalized spacial score (nSPS) is 10.5. The molecule has 0 spiro atoms. The van der Waals surface area contributed by atoms with Gasteiger partial charge in [-0.2, -0.15) is 0 Å². The highest BCUT2D eigenvalue weighted by Gasteiger charge is 2.11. The summed E-state index contributed by atoms with van der Waals surface area (Å²) in [4.78, 5) is 12.3. The summed E-state index contributed by atoms with van der Waals surface area (Å²) in [6.07, 6.45) is 3.29. The lowest BCUT2D eigenvalue weighted by Crippen LogP contribution is -2.03. The second-order valence-corrected chi connectivity index (χ2v) is 4.90. The van der Waals surface area contributed by atoms with Gasteiger partial charge in [-0.15, -0.1) is 0 Å². The van der Waals surface area contributed by atoms with Crippen molar-refractivity contribution in [3.05, 3.63) is 65.0 Å². The Bertz CT molecular complexity index is 585. The third-order valence-corrected chi connectivity index (χ3v) is 3.22. The van der Waals surface area contributed by atoms with E-state index in [1.54, 1.807) is 12.1 Å². The number of hydrogen-bond acceptors (Lipinski definition) is 2. The number of unbranched alkanes of at least 4 members (excludes halogenated alkanes) is 1. The quantitative estimate of drug-likeness (QED) is 0.660. The van der Waals surface area contributed by atoms with Gasteiger partial charge in [-0.05, 0) is 36.6 Å². The molecule has 0 radical (unpaired) electrons. The average molecular weight is 271 g/mol. The fourth-order valence-electron chi connectivity index (χ4n) is 2.11. The number of anilines is 1. The molecule has 0 heterocycles. The van der Waals surface area contributed by atoms with Gasteiger partial charge in [0.25, 0.3) is 0 Å². The van der Waals surface area contributed by atoms with Crippen molar-refractivity contribution in [2.24, 2.45) is 0 Å². The van der Waals surface area contributed by atoms with Crippen LogP contribution in [0.1, 0.15) is 41.3 Å². The molecule has 20 heavy (non-hydrogen) atoms. The first-order valence-corrected chi connectivity index (χ1v) is 6.80. The van der Waals surface area contributed by atoms with E-state index >= 15 is 0 Å². The van der Waals surface area contributed by atoms with Gasteiger partial charge >= 0.3 is 0 Å². The molecule has 0 unspecified atom stereocenters. The molecule has 2 N–H and O–H groups in total. The van der Waals surface area contributed by atoms with Crippen molar-refractivity contribution >= 4 is 11.5 Å². The molecule has 0 atom stereocenters. The van der Waals surface area contributed by atoms with Crippen molar-refractivity contribution in [1.29, 1.82) is 0 Å². The van der Waals surface area contributed by atoms with Crippen LogP contribution >= 0.6 is 0 Å². The summed E-state index contributed by atoms with van der Waals surface area (Å²) in [5.74, 6) is -0.703. The zero-order valence-corrected chi connectivity index (χ0v) is 11.5. The van der Waals surface area contributed by atoms with Crippen molar-refractivity contribution in [2.45, 2.75) is 26.2 Å². The maximum Gasteiger partial charge on any atom is 0.193 e. The topological polar surface area (TPSA) is 43.1 Å². The fraction of sp³-hybridized carbons (Fsp3) is 0.235. The number of halogens is 1. The van der Waals surface area contributed by atoms with Gasteiger partial charge in [-0.25, -0.2) is 4.39 Å². The van der Waals surface area contributed by atoms with Gasteiger partial charge in [0.15, 0.2) is 5.78 Å². The first-order valence-electron chi connectivity index (χ1n) is 6.80. The first kappa shape index (κ1) is 14.3. The molecule has 0 aliphatic carbocycles. The zero-order valence-electron chi connectivity index (χ0n) is 11.5. The van der Waals surface area contributed by atoms with Crippen LogP contribution in [0.15, 0.2) is 42.5 Å². The molecule has 0 amide bonds. The van der Waals surface area contributed by atoms with Crippen LogP contribution in [0.3, 0.4) is 0 Å². The van der Waals surface area contributed by atoms with E-state index in [1.807, 2.05) is 12.1 Å². The lowest BCUT2D eigenvalue weighted by Gasteiger charge is -2.05. The predicted octanol–water partition coefficient (Wildman–Crippen LogP) is 3.98. The fourth-order valence-corrected chi connectivity index (χ4v) is 2.11. The van der Waals surface area contributed by atoms with E-state index in [1.165, 1.54) is 23.8 Å². The van der Waals surface area contributed by atoms with Crippen LogP contribution in [-0.4, -0.2) is 5.78 Å². The summed E-state index contributed by atoms with van der Waals surface area (Å²) in [6.45, 7) is 2.15. The van der Waals surface area contributed by atoms with Crippen molar-refractivity contribution in [2.75, 3.05) is 5.73 Å². The van der Waals surface area contributed by atoms with Crippen LogP contribution in [0.25, 0.3) is 0 Å². The highest BCUT2D eigenvalue weighted by atomic mass is 19.1. The number of ketones is 1. The number of hydrogen-bond donors (Lipinski definition) is 1. The molecule has 3 heteroatoms. The summed E-state index contributed by atoms with van der Waals surface area (Å²) < 4.78 is 13.3. The lowest BCUT2D eigenvalue weighted by molar-refractivity contribution is 0.103. The van der Waals surface area contributed by atoms with Crippen LogP contribution < -0.4 is 5.73 Å². The van der Waals surface area contributed by atoms with E-state index in [4.69, 9.17) is 5.73 Å². The second kappa shape index (κ2) is 6.33. The molecule has 2 aromatic rings. The Labute approximate surface area is 118 Å². The minimum absolute atomic E-state index is 0.210. The van der Waals surface area contributed by atoms with Gasteiger partial charge < -0.3 is 5.73 Å². The number of benzene rings is 2.